The fourth-order valence-electron chi connectivity index (χ4n) is 2.85. The lowest BCUT2D eigenvalue weighted by Crippen LogP contribution is -2.52. The number of Topliss-reactive ketones (excluding diaryl/α,β-unsaturated/α-hetero) is 1. The van der Waals surface area contributed by atoms with Gasteiger partial charge in [-0.2, -0.15) is 0 Å². The van der Waals surface area contributed by atoms with Crippen molar-refractivity contribution in [2.24, 2.45) is 17.6 Å². The molecule has 2 fully saturated rings. The number of ketones is 1. The normalized spacial score (nSPS) is 41.7. The molecule has 3 unspecified atom stereocenters. The van der Waals surface area contributed by atoms with Gasteiger partial charge in [0.15, 0.2) is 5.78 Å². The predicted octanol–water partition coefficient (Wildman–Crippen LogP) is 1.50. The fraction of sp³-hybridized carbons (Fsp3) is 0.917. The van der Waals surface area contributed by atoms with Crippen LogP contribution < -0.4 is 5.73 Å². The third-order valence-electron chi connectivity index (χ3n) is 3.85. The maximum absolute atomic E-state index is 12.3. The molecule has 86 valence electrons. The Kier molecular flexibility index (Phi) is 3.12. The Morgan fingerprint density at radius 1 is 1.47 bits per heavy atom. The molecule has 1 aliphatic carbocycles. The van der Waals surface area contributed by atoms with Crippen molar-refractivity contribution in [3.05, 3.63) is 0 Å². The Labute approximate surface area is 91.4 Å². The minimum Gasteiger partial charge on any atom is -0.379 e. The summed E-state index contributed by atoms with van der Waals surface area (Å²) in [6, 6.07) is 0. The predicted molar refractivity (Wildman–Crippen MR) is 58.5 cm³/mol. The molecule has 3 heteroatoms. The standard InChI is InChI=1S/C12H21NO2/c1-9-3-2-4-10(7-9)11(14)12(13)5-6-15-8-12/h9-10H,2-8,13H2,1H3. The molecule has 0 spiro atoms. The van der Waals surface area contributed by atoms with E-state index in [0.717, 1.165) is 12.8 Å². The van der Waals surface area contributed by atoms with Crippen LogP contribution in [0, 0.1) is 11.8 Å². The Morgan fingerprint density at radius 2 is 2.27 bits per heavy atom. The van der Waals surface area contributed by atoms with Crippen molar-refractivity contribution in [1.82, 2.24) is 0 Å². The van der Waals surface area contributed by atoms with Gasteiger partial charge in [0, 0.05) is 12.5 Å². The van der Waals surface area contributed by atoms with E-state index in [4.69, 9.17) is 10.5 Å². The molecule has 1 saturated carbocycles. The van der Waals surface area contributed by atoms with Crippen molar-refractivity contribution < 1.29 is 9.53 Å². The molecule has 3 atom stereocenters. The van der Waals surface area contributed by atoms with Crippen molar-refractivity contribution >= 4 is 5.78 Å². The molecule has 1 heterocycles. The van der Waals surface area contributed by atoms with Gasteiger partial charge in [-0.25, -0.2) is 0 Å². The van der Waals surface area contributed by atoms with E-state index >= 15 is 0 Å². The number of hydrogen-bond donors (Lipinski definition) is 1. The summed E-state index contributed by atoms with van der Waals surface area (Å²) in [7, 11) is 0. The molecule has 0 radical (unpaired) electrons. The topological polar surface area (TPSA) is 52.3 Å². The second-order valence-corrected chi connectivity index (χ2v) is 5.29. The summed E-state index contributed by atoms with van der Waals surface area (Å²) >= 11 is 0. The first-order valence-electron chi connectivity index (χ1n) is 6.03. The Morgan fingerprint density at radius 3 is 2.87 bits per heavy atom. The second-order valence-electron chi connectivity index (χ2n) is 5.29. The van der Waals surface area contributed by atoms with E-state index in [0.29, 0.717) is 25.6 Å². The fourth-order valence-corrected chi connectivity index (χ4v) is 2.85. The first-order chi connectivity index (χ1) is 7.12. The average Bonchev–Trinajstić information content (AvgIpc) is 2.65. The van der Waals surface area contributed by atoms with E-state index < -0.39 is 5.54 Å². The lowest BCUT2D eigenvalue weighted by Gasteiger charge is -2.31. The van der Waals surface area contributed by atoms with Gasteiger partial charge in [-0.3, -0.25) is 4.79 Å². The minimum absolute atomic E-state index is 0.195. The van der Waals surface area contributed by atoms with Gasteiger partial charge in [-0.05, 0) is 25.2 Å². The molecule has 0 amide bonds. The molecule has 3 nitrogen and oxygen atoms in total. The number of ether oxygens (including phenoxy) is 1. The average molecular weight is 211 g/mol. The molecule has 0 aromatic carbocycles. The first-order valence-corrected chi connectivity index (χ1v) is 6.03. The maximum atomic E-state index is 12.3. The molecule has 2 N–H and O–H groups in total. The number of nitrogens with two attached hydrogens (primary N) is 1. The van der Waals surface area contributed by atoms with Gasteiger partial charge < -0.3 is 10.5 Å². The molecule has 0 aromatic heterocycles. The van der Waals surface area contributed by atoms with Crippen molar-refractivity contribution in [2.45, 2.75) is 44.6 Å². The van der Waals surface area contributed by atoms with E-state index in [-0.39, 0.29) is 11.7 Å². The van der Waals surface area contributed by atoms with Crippen LogP contribution in [0.25, 0.3) is 0 Å². The summed E-state index contributed by atoms with van der Waals surface area (Å²) in [5, 5.41) is 0. The number of carbonyl (C=O) groups is 1. The molecule has 0 bridgehead atoms. The summed E-state index contributed by atoms with van der Waals surface area (Å²) in [4.78, 5) is 12.3. The lowest BCUT2D eigenvalue weighted by atomic mass is 9.75. The summed E-state index contributed by atoms with van der Waals surface area (Å²) in [5.41, 5.74) is 5.44. The van der Waals surface area contributed by atoms with Gasteiger partial charge in [-0.1, -0.05) is 19.8 Å². The third kappa shape index (κ3) is 2.23. The minimum atomic E-state index is -0.665. The highest BCUT2D eigenvalue weighted by Crippen LogP contribution is 2.33. The Bertz CT molecular complexity index is 246. The van der Waals surface area contributed by atoms with Crippen LogP contribution in [0.1, 0.15) is 39.0 Å². The zero-order chi connectivity index (χ0) is 10.9. The summed E-state index contributed by atoms with van der Waals surface area (Å²) in [5.74, 6) is 1.13. The van der Waals surface area contributed by atoms with Crippen LogP contribution in [0.5, 0.6) is 0 Å². The molecular weight excluding hydrogens is 190 g/mol. The summed E-state index contributed by atoms with van der Waals surface area (Å²) < 4.78 is 5.25. The highest BCUT2D eigenvalue weighted by Gasteiger charge is 2.42. The molecule has 1 saturated heterocycles. The van der Waals surface area contributed by atoms with E-state index in [9.17, 15) is 4.79 Å². The van der Waals surface area contributed by atoms with E-state index in [2.05, 4.69) is 6.92 Å². The lowest BCUT2D eigenvalue weighted by molar-refractivity contribution is -0.129. The van der Waals surface area contributed by atoms with Crippen molar-refractivity contribution in [2.75, 3.05) is 13.2 Å². The van der Waals surface area contributed by atoms with Crippen LogP contribution in [0.15, 0.2) is 0 Å². The zero-order valence-electron chi connectivity index (χ0n) is 9.50. The van der Waals surface area contributed by atoms with Crippen LogP contribution in [0.3, 0.4) is 0 Å². The number of carbonyl (C=O) groups excluding carboxylic acids is 1. The van der Waals surface area contributed by atoms with Gasteiger partial charge in [0.1, 0.15) is 5.54 Å². The quantitative estimate of drug-likeness (QED) is 0.753. The highest BCUT2D eigenvalue weighted by atomic mass is 16.5. The largest absolute Gasteiger partial charge is 0.379 e. The number of rotatable bonds is 2. The van der Waals surface area contributed by atoms with Crippen LogP contribution >= 0.6 is 0 Å². The van der Waals surface area contributed by atoms with Crippen molar-refractivity contribution in [1.29, 1.82) is 0 Å². The van der Waals surface area contributed by atoms with E-state index in [1.54, 1.807) is 0 Å². The molecule has 0 aromatic rings. The maximum Gasteiger partial charge on any atom is 0.158 e. The summed E-state index contributed by atoms with van der Waals surface area (Å²) in [6.07, 6.45) is 5.20. The monoisotopic (exact) mass is 211 g/mol. The second kappa shape index (κ2) is 4.22. The SMILES string of the molecule is CC1CCCC(C(=O)C2(N)CCOC2)C1. The molecule has 2 aliphatic rings. The van der Waals surface area contributed by atoms with Gasteiger partial charge in [0.05, 0.1) is 6.61 Å². The first kappa shape index (κ1) is 11.1. The van der Waals surface area contributed by atoms with E-state index in [1.165, 1.54) is 12.8 Å². The van der Waals surface area contributed by atoms with Gasteiger partial charge in [0.2, 0.25) is 0 Å². The summed E-state index contributed by atoms with van der Waals surface area (Å²) in [6.45, 7) is 3.30. The van der Waals surface area contributed by atoms with Gasteiger partial charge in [-0.15, -0.1) is 0 Å². The van der Waals surface area contributed by atoms with Crippen LogP contribution in [0.2, 0.25) is 0 Å². The molecule has 15 heavy (non-hydrogen) atoms. The van der Waals surface area contributed by atoms with Crippen LogP contribution in [-0.2, 0) is 9.53 Å². The molecule has 2 rings (SSSR count). The number of hydrogen-bond acceptors (Lipinski definition) is 3. The zero-order valence-corrected chi connectivity index (χ0v) is 9.50. The Hall–Kier alpha value is -0.410. The van der Waals surface area contributed by atoms with Crippen molar-refractivity contribution in [3.63, 3.8) is 0 Å². The molecule has 1 aliphatic heterocycles. The Balaban J connectivity index is 2.00. The van der Waals surface area contributed by atoms with Crippen molar-refractivity contribution in [3.8, 4) is 0 Å². The van der Waals surface area contributed by atoms with Gasteiger partial charge >= 0.3 is 0 Å². The van der Waals surface area contributed by atoms with E-state index in [1.807, 2.05) is 0 Å². The highest BCUT2D eigenvalue weighted by molar-refractivity contribution is 5.90. The smallest absolute Gasteiger partial charge is 0.158 e. The van der Waals surface area contributed by atoms with Crippen LogP contribution in [-0.4, -0.2) is 24.5 Å². The molecular formula is C12H21NO2. The van der Waals surface area contributed by atoms with Crippen LogP contribution in [0.4, 0.5) is 0 Å². The third-order valence-corrected chi connectivity index (χ3v) is 3.85. The van der Waals surface area contributed by atoms with Gasteiger partial charge in [0.25, 0.3) is 0 Å².